The van der Waals surface area contributed by atoms with Crippen molar-refractivity contribution in [2.45, 2.75) is 105 Å². The number of hydrogen-bond donors (Lipinski definition) is 0. The highest BCUT2D eigenvalue weighted by Crippen LogP contribution is 2.17. The van der Waals surface area contributed by atoms with Gasteiger partial charge in [-0.2, -0.15) is 0 Å². The van der Waals surface area contributed by atoms with Crippen LogP contribution < -0.4 is 0 Å². The molecule has 1 rings (SSSR count). The molecule has 1 aromatic carbocycles. The van der Waals surface area contributed by atoms with Crippen LogP contribution in [0.15, 0.2) is 24.3 Å². The van der Waals surface area contributed by atoms with Crippen molar-refractivity contribution in [3.05, 3.63) is 35.4 Å². The first-order chi connectivity index (χ1) is 18.2. The first-order valence-electron chi connectivity index (χ1n) is 14.0. The Hall–Kier alpha value is -2.90. The van der Waals surface area contributed by atoms with Crippen molar-refractivity contribution in [1.29, 1.82) is 0 Å². The fourth-order valence-electron chi connectivity index (χ4n) is 3.81. The monoisotopic (exact) mass is 534 g/mol. The Morgan fingerprint density at radius 1 is 0.658 bits per heavy atom. The van der Waals surface area contributed by atoms with Gasteiger partial charge in [0, 0.05) is 0 Å². The predicted octanol–water partition coefficient (Wildman–Crippen LogP) is 6.30. The van der Waals surface area contributed by atoms with Crippen LogP contribution >= 0.6 is 0 Å². The molecule has 214 valence electrons. The third-order valence-electron chi connectivity index (χ3n) is 6.61. The third kappa shape index (κ3) is 11.7. The Morgan fingerprint density at radius 3 is 1.34 bits per heavy atom. The molecule has 0 aliphatic heterocycles. The van der Waals surface area contributed by atoms with Crippen LogP contribution in [0.4, 0.5) is 0 Å². The molecular formula is C30H46O8. The van der Waals surface area contributed by atoms with Crippen molar-refractivity contribution < 1.29 is 38.1 Å². The van der Waals surface area contributed by atoms with Crippen LogP contribution in [0, 0.1) is 11.8 Å². The fraction of sp³-hybridized carbons (Fsp3) is 0.667. The second kappa shape index (κ2) is 18.4. The SMILES string of the molecule is CCCCC(CC)COC(=O)C(C)OC(=O)c1ccccc1C(=O)OC(C)C(=O)OCC(CC)CCCC. The molecule has 4 atom stereocenters. The predicted molar refractivity (Wildman–Crippen MR) is 145 cm³/mol. The molecule has 0 bridgehead atoms. The molecule has 0 fully saturated rings. The molecule has 0 saturated carbocycles. The van der Waals surface area contributed by atoms with Gasteiger partial charge in [0.1, 0.15) is 0 Å². The highest BCUT2D eigenvalue weighted by molar-refractivity contribution is 6.04. The van der Waals surface area contributed by atoms with Crippen molar-refractivity contribution >= 4 is 23.9 Å². The summed E-state index contributed by atoms with van der Waals surface area (Å²) >= 11 is 0. The zero-order valence-corrected chi connectivity index (χ0v) is 24.0. The van der Waals surface area contributed by atoms with E-state index < -0.39 is 36.1 Å². The number of hydrogen-bond acceptors (Lipinski definition) is 8. The average Bonchev–Trinajstić information content (AvgIpc) is 2.92. The van der Waals surface area contributed by atoms with Gasteiger partial charge < -0.3 is 18.9 Å². The molecule has 8 nitrogen and oxygen atoms in total. The maximum Gasteiger partial charge on any atom is 0.347 e. The number of benzene rings is 1. The van der Waals surface area contributed by atoms with Gasteiger partial charge in [-0.1, -0.05) is 78.4 Å². The van der Waals surface area contributed by atoms with Crippen LogP contribution in [0.2, 0.25) is 0 Å². The number of ether oxygens (including phenoxy) is 4. The average molecular weight is 535 g/mol. The van der Waals surface area contributed by atoms with Crippen LogP contribution in [0.3, 0.4) is 0 Å². The first kappa shape index (κ1) is 33.1. The van der Waals surface area contributed by atoms with E-state index >= 15 is 0 Å². The maximum absolute atomic E-state index is 12.8. The summed E-state index contributed by atoms with van der Waals surface area (Å²) in [5.74, 6) is -2.50. The van der Waals surface area contributed by atoms with Gasteiger partial charge in [-0.3, -0.25) is 0 Å². The highest BCUT2D eigenvalue weighted by Gasteiger charge is 2.27. The molecule has 8 heteroatoms. The molecule has 0 aromatic heterocycles. The maximum atomic E-state index is 12.8. The van der Waals surface area contributed by atoms with Crippen LogP contribution in [0.25, 0.3) is 0 Å². The quantitative estimate of drug-likeness (QED) is 0.160. The smallest absolute Gasteiger partial charge is 0.347 e. The van der Waals surface area contributed by atoms with Gasteiger partial charge >= 0.3 is 23.9 Å². The Kier molecular flexibility index (Phi) is 16.0. The van der Waals surface area contributed by atoms with Crippen molar-refractivity contribution in [3.63, 3.8) is 0 Å². The van der Waals surface area contributed by atoms with E-state index in [2.05, 4.69) is 13.8 Å². The van der Waals surface area contributed by atoms with Crippen LogP contribution in [0.1, 0.15) is 114 Å². The Labute approximate surface area is 227 Å². The van der Waals surface area contributed by atoms with Crippen molar-refractivity contribution in [1.82, 2.24) is 0 Å². The van der Waals surface area contributed by atoms with E-state index in [-0.39, 0.29) is 36.2 Å². The van der Waals surface area contributed by atoms with Gasteiger partial charge in [0.05, 0.1) is 24.3 Å². The second-order valence-corrected chi connectivity index (χ2v) is 9.73. The molecule has 0 saturated heterocycles. The lowest BCUT2D eigenvalue weighted by Gasteiger charge is -2.18. The number of rotatable bonds is 18. The zero-order chi connectivity index (χ0) is 28.5. The molecular weight excluding hydrogens is 488 g/mol. The van der Waals surface area contributed by atoms with E-state index in [4.69, 9.17) is 18.9 Å². The highest BCUT2D eigenvalue weighted by atomic mass is 16.6. The van der Waals surface area contributed by atoms with Crippen molar-refractivity contribution in [2.24, 2.45) is 11.8 Å². The summed E-state index contributed by atoms with van der Waals surface area (Å²) in [6, 6.07) is 5.93. The minimum Gasteiger partial charge on any atom is -0.463 e. The third-order valence-corrected chi connectivity index (χ3v) is 6.61. The van der Waals surface area contributed by atoms with Crippen LogP contribution in [0.5, 0.6) is 0 Å². The zero-order valence-electron chi connectivity index (χ0n) is 24.0. The summed E-state index contributed by atoms with van der Waals surface area (Å²) in [6.45, 7) is 11.7. The Morgan fingerprint density at radius 2 is 1.03 bits per heavy atom. The van der Waals surface area contributed by atoms with Gasteiger partial charge in [-0.15, -0.1) is 0 Å². The Balaban J connectivity index is 2.72. The van der Waals surface area contributed by atoms with Crippen molar-refractivity contribution in [3.8, 4) is 0 Å². The number of carbonyl (C=O) groups excluding carboxylic acids is 4. The minimum absolute atomic E-state index is 0.0716. The molecule has 0 heterocycles. The standard InChI is InChI=1S/C30H46O8/c1-7-11-15-23(9-3)19-35-27(31)21(5)37-29(33)25-17-13-14-18-26(25)30(34)38-22(6)28(32)36-20-24(10-4)16-12-8-2/h13-14,17-18,21-24H,7-12,15-16,19-20H2,1-6H3. The van der Waals surface area contributed by atoms with Gasteiger partial charge in [0.2, 0.25) is 0 Å². The number of esters is 4. The lowest BCUT2D eigenvalue weighted by molar-refractivity contribution is -0.155. The lowest BCUT2D eigenvalue weighted by Crippen LogP contribution is -2.30. The second-order valence-electron chi connectivity index (χ2n) is 9.73. The summed E-state index contributed by atoms with van der Waals surface area (Å²) in [6.07, 6.45) is 5.66. The first-order valence-corrected chi connectivity index (χ1v) is 14.0. The van der Waals surface area contributed by atoms with Gasteiger partial charge in [0.25, 0.3) is 0 Å². The topological polar surface area (TPSA) is 105 Å². The molecule has 0 amide bonds. The molecule has 38 heavy (non-hydrogen) atoms. The van der Waals surface area contributed by atoms with E-state index in [0.29, 0.717) is 0 Å². The van der Waals surface area contributed by atoms with E-state index in [1.165, 1.54) is 26.0 Å². The fourth-order valence-corrected chi connectivity index (χ4v) is 3.81. The summed E-state index contributed by atoms with van der Waals surface area (Å²) in [5, 5.41) is 0. The lowest BCUT2D eigenvalue weighted by atomic mass is 10.0. The molecule has 0 N–H and O–H groups in total. The van der Waals surface area contributed by atoms with E-state index in [1.54, 1.807) is 12.1 Å². The molecule has 0 radical (unpaired) electrons. The van der Waals surface area contributed by atoms with E-state index in [0.717, 1.165) is 51.4 Å². The Bertz CT molecular complexity index is 810. The molecule has 0 aliphatic rings. The van der Waals surface area contributed by atoms with Crippen LogP contribution in [-0.4, -0.2) is 49.3 Å². The molecule has 4 unspecified atom stereocenters. The molecule has 0 spiro atoms. The summed E-state index contributed by atoms with van der Waals surface area (Å²) in [7, 11) is 0. The van der Waals surface area contributed by atoms with E-state index in [9.17, 15) is 19.2 Å². The summed E-state index contributed by atoms with van der Waals surface area (Å²) in [5.41, 5.74) is -0.143. The van der Waals surface area contributed by atoms with Gasteiger partial charge in [-0.05, 0) is 50.7 Å². The van der Waals surface area contributed by atoms with Gasteiger partial charge in [-0.25, -0.2) is 19.2 Å². The van der Waals surface area contributed by atoms with E-state index in [1.807, 2.05) is 13.8 Å². The number of carbonyl (C=O) groups is 4. The normalized spacial score (nSPS) is 14.1. The van der Waals surface area contributed by atoms with Crippen molar-refractivity contribution in [2.75, 3.05) is 13.2 Å². The largest absolute Gasteiger partial charge is 0.463 e. The number of unbranched alkanes of at least 4 members (excludes halogenated alkanes) is 2. The van der Waals surface area contributed by atoms with Gasteiger partial charge in [0.15, 0.2) is 12.2 Å². The molecule has 1 aromatic rings. The molecule has 0 aliphatic carbocycles. The summed E-state index contributed by atoms with van der Waals surface area (Å²) in [4.78, 5) is 50.4. The summed E-state index contributed by atoms with van der Waals surface area (Å²) < 4.78 is 21.3. The van der Waals surface area contributed by atoms with Crippen LogP contribution in [-0.2, 0) is 28.5 Å². The minimum atomic E-state index is -1.15.